The number of likely N-dealkylation sites (tertiary alicyclic amines) is 1. The molecule has 0 aromatic heterocycles. The summed E-state index contributed by atoms with van der Waals surface area (Å²) in [4.78, 5) is 25.4. The van der Waals surface area contributed by atoms with Crippen LogP contribution in [0.2, 0.25) is 0 Å². The summed E-state index contributed by atoms with van der Waals surface area (Å²) in [6.45, 7) is 4.69. The predicted molar refractivity (Wildman–Crippen MR) is 76.3 cm³/mol. The van der Waals surface area contributed by atoms with Crippen LogP contribution in [0.25, 0.3) is 0 Å². The topological polar surface area (TPSA) is 57.6 Å². The second-order valence-electron chi connectivity index (χ2n) is 5.51. The van der Waals surface area contributed by atoms with Crippen LogP contribution < -0.4 is 0 Å². The number of carbonyl (C=O) groups excluding carboxylic acids is 1. The van der Waals surface area contributed by atoms with Gasteiger partial charge in [0.05, 0.1) is 5.92 Å². The summed E-state index contributed by atoms with van der Waals surface area (Å²) in [5.41, 5.74) is 0.999. The molecule has 1 unspecified atom stereocenters. The Morgan fingerprint density at radius 2 is 1.95 bits per heavy atom. The molecule has 0 radical (unpaired) electrons. The third-order valence-corrected chi connectivity index (χ3v) is 4.21. The van der Waals surface area contributed by atoms with Gasteiger partial charge in [-0.3, -0.25) is 9.59 Å². The van der Waals surface area contributed by atoms with Gasteiger partial charge in [0.2, 0.25) is 5.91 Å². The number of carboxylic acid groups (broad SMARTS) is 1. The van der Waals surface area contributed by atoms with Crippen molar-refractivity contribution in [3.8, 4) is 0 Å². The molecular formula is C16H21NO3. The molecule has 1 aliphatic heterocycles. The minimum Gasteiger partial charge on any atom is -0.481 e. The third-order valence-electron chi connectivity index (χ3n) is 4.21. The number of nitrogens with zero attached hydrogens (tertiary/aromatic N) is 1. The molecule has 1 aromatic carbocycles. The Morgan fingerprint density at radius 3 is 2.50 bits per heavy atom. The zero-order valence-corrected chi connectivity index (χ0v) is 12.0. The lowest BCUT2D eigenvalue weighted by atomic mass is 9.89. The Bertz CT molecular complexity index is 486. The largest absolute Gasteiger partial charge is 0.481 e. The van der Waals surface area contributed by atoms with Gasteiger partial charge in [-0.1, -0.05) is 44.2 Å². The summed E-state index contributed by atoms with van der Waals surface area (Å²) < 4.78 is 0. The van der Waals surface area contributed by atoms with E-state index in [1.165, 1.54) is 0 Å². The first-order chi connectivity index (χ1) is 9.54. The van der Waals surface area contributed by atoms with Crippen molar-refractivity contribution in [1.82, 2.24) is 4.90 Å². The highest BCUT2D eigenvalue weighted by Gasteiger charge is 2.40. The molecule has 20 heavy (non-hydrogen) atoms. The molecule has 1 heterocycles. The average Bonchev–Trinajstić information content (AvgIpc) is 2.92. The van der Waals surface area contributed by atoms with Gasteiger partial charge in [0.1, 0.15) is 0 Å². The van der Waals surface area contributed by atoms with Crippen molar-refractivity contribution in [3.05, 3.63) is 35.9 Å². The van der Waals surface area contributed by atoms with Crippen LogP contribution in [0.1, 0.15) is 31.7 Å². The van der Waals surface area contributed by atoms with Gasteiger partial charge in [-0.2, -0.15) is 0 Å². The number of hydrogen-bond donors (Lipinski definition) is 1. The predicted octanol–water partition coefficient (Wildman–Crippen LogP) is 2.36. The summed E-state index contributed by atoms with van der Waals surface area (Å²) in [6.07, 6.45) is 0.781. The third kappa shape index (κ3) is 2.84. The summed E-state index contributed by atoms with van der Waals surface area (Å²) in [5.74, 6) is -1.42. The molecule has 3 atom stereocenters. The van der Waals surface area contributed by atoms with E-state index in [-0.39, 0.29) is 17.7 Å². The van der Waals surface area contributed by atoms with Crippen molar-refractivity contribution in [2.24, 2.45) is 11.8 Å². The van der Waals surface area contributed by atoms with E-state index in [0.29, 0.717) is 13.1 Å². The second-order valence-corrected chi connectivity index (χ2v) is 5.51. The van der Waals surface area contributed by atoms with Crippen molar-refractivity contribution in [3.63, 3.8) is 0 Å². The Kier molecular flexibility index (Phi) is 4.42. The van der Waals surface area contributed by atoms with E-state index in [2.05, 4.69) is 0 Å². The molecule has 1 saturated heterocycles. The van der Waals surface area contributed by atoms with Gasteiger partial charge >= 0.3 is 5.97 Å². The second kappa shape index (κ2) is 6.07. The molecule has 1 fully saturated rings. The number of rotatable bonds is 4. The van der Waals surface area contributed by atoms with Crippen LogP contribution in [-0.2, 0) is 9.59 Å². The molecule has 4 heteroatoms. The van der Waals surface area contributed by atoms with E-state index >= 15 is 0 Å². The van der Waals surface area contributed by atoms with Gasteiger partial charge in [-0.15, -0.1) is 0 Å². The van der Waals surface area contributed by atoms with Crippen LogP contribution in [0.4, 0.5) is 0 Å². The van der Waals surface area contributed by atoms with Gasteiger partial charge in [-0.05, 0) is 12.0 Å². The van der Waals surface area contributed by atoms with E-state index in [9.17, 15) is 14.7 Å². The number of carboxylic acids is 1. The molecule has 0 bridgehead atoms. The van der Waals surface area contributed by atoms with Gasteiger partial charge in [-0.25, -0.2) is 0 Å². The number of aliphatic carboxylic acids is 1. The summed E-state index contributed by atoms with van der Waals surface area (Å²) in [6, 6.07) is 9.62. The van der Waals surface area contributed by atoms with Gasteiger partial charge < -0.3 is 10.0 Å². The Morgan fingerprint density at radius 1 is 1.30 bits per heavy atom. The molecule has 0 saturated carbocycles. The lowest BCUT2D eigenvalue weighted by Gasteiger charge is -2.20. The van der Waals surface area contributed by atoms with E-state index in [1.54, 1.807) is 4.90 Å². The van der Waals surface area contributed by atoms with Crippen LogP contribution >= 0.6 is 0 Å². The molecule has 2 rings (SSSR count). The highest BCUT2D eigenvalue weighted by atomic mass is 16.4. The maximum Gasteiger partial charge on any atom is 0.308 e. The molecular weight excluding hydrogens is 254 g/mol. The minimum absolute atomic E-state index is 0.0426. The molecule has 0 aliphatic carbocycles. The van der Waals surface area contributed by atoms with Crippen LogP contribution in [-0.4, -0.2) is 35.0 Å². The van der Waals surface area contributed by atoms with Crippen molar-refractivity contribution in [2.75, 3.05) is 13.1 Å². The van der Waals surface area contributed by atoms with E-state index in [4.69, 9.17) is 0 Å². The quantitative estimate of drug-likeness (QED) is 0.917. The van der Waals surface area contributed by atoms with E-state index in [1.807, 2.05) is 44.2 Å². The molecule has 1 N–H and O–H groups in total. The monoisotopic (exact) mass is 275 g/mol. The Labute approximate surface area is 119 Å². The normalized spacial score (nSPS) is 23.6. The van der Waals surface area contributed by atoms with Gasteiger partial charge in [0, 0.05) is 24.9 Å². The fourth-order valence-corrected chi connectivity index (χ4v) is 2.76. The molecule has 108 valence electrons. The van der Waals surface area contributed by atoms with Gasteiger partial charge in [0.15, 0.2) is 0 Å². The fraction of sp³-hybridized carbons (Fsp3) is 0.500. The molecule has 1 aliphatic rings. The molecule has 4 nitrogen and oxygen atoms in total. The summed E-state index contributed by atoms with van der Waals surface area (Å²) in [7, 11) is 0. The average molecular weight is 275 g/mol. The Hall–Kier alpha value is -1.84. The van der Waals surface area contributed by atoms with Crippen molar-refractivity contribution < 1.29 is 14.7 Å². The number of carbonyl (C=O) groups is 2. The molecule has 0 spiro atoms. The first-order valence-corrected chi connectivity index (χ1v) is 7.11. The maximum atomic E-state index is 12.3. The number of hydrogen-bond acceptors (Lipinski definition) is 2. The van der Waals surface area contributed by atoms with Crippen molar-refractivity contribution in [1.29, 1.82) is 0 Å². The van der Waals surface area contributed by atoms with E-state index in [0.717, 1.165) is 12.0 Å². The smallest absolute Gasteiger partial charge is 0.308 e. The highest BCUT2D eigenvalue weighted by Crippen LogP contribution is 2.33. The van der Waals surface area contributed by atoms with Crippen molar-refractivity contribution in [2.45, 2.75) is 26.2 Å². The fourth-order valence-electron chi connectivity index (χ4n) is 2.76. The van der Waals surface area contributed by atoms with E-state index < -0.39 is 11.9 Å². The zero-order valence-electron chi connectivity index (χ0n) is 12.0. The first-order valence-electron chi connectivity index (χ1n) is 7.11. The SMILES string of the molecule is CCC(C)C(=O)N1C[C@H](C(=O)O)[C@H](c2ccccc2)C1. The van der Waals surface area contributed by atoms with Gasteiger partial charge in [0.25, 0.3) is 0 Å². The van der Waals surface area contributed by atoms with Crippen LogP contribution in [0, 0.1) is 11.8 Å². The van der Waals surface area contributed by atoms with Crippen LogP contribution in [0.5, 0.6) is 0 Å². The Balaban J connectivity index is 2.20. The van der Waals surface area contributed by atoms with Crippen molar-refractivity contribution >= 4 is 11.9 Å². The highest BCUT2D eigenvalue weighted by molar-refractivity contribution is 5.81. The minimum atomic E-state index is -0.821. The van der Waals surface area contributed by atoms with Crippen LogP contribution in [0.15, 0.2) is 30.3 Å². The molecule has 1 aromatic rings. The summed E-state index contributed by atoms with van der Waals surface area (Å²) >= 11 is 0. The molecule has 1 amide bonds. The number of benzene rings is 1. The lowest BCUT2D eigenvalue weighted by Crippen LogP contribution is -2.33. The van der Waals surface area contributed by atoms with Crippen LogP contribution in [0.3, 0.4) is 0 Å². The standard InChI is InChI=1S/C16H21NO3/c1-3-11(2)15(18)17-9-13(14(10-17)16(19)20)12-7-5-4-6-8-12/h4-8,11,13-14H,3,9-10H2,1-2H3,(H,19,20)/t11?,13-,14-/m0/s1. The zero-order chi connectivity index (χ0) is 14.7. The lowest BCUT2D eigenvalue weighted by molar-refractivity contribution is -0.142. The summed E-state index contributed by atoms with van der Waals surface area (Å²) in [5, 5.41) is 9.40. The number of amides is 1. The first kappa shape index (κ1) is 14.6. The maximum absolute atomic E-state index is 12.3.